The van der Waals surface area contributed by atoms with Crippen LogP contribution in [-0.2, 0) is 22.6 Å². The average Bonchev–Trinajstić information content (AvgIpc) is 3.39. The van der Waals surface area contributed by atoms with Gasteiger partial charge >= 0.3 is 5.97 Å². The fourth-order valence-electron chi connectivity index (χ4n) is 6.39. The maximum absolute atomic E-state index is 12.9. The predicted octanol–water partition coefficient (Wildman–Crippen LogP) is 7.32. The van der Waals surface area contributed by atoms with Crippen molar-refractivity contribution < 1.29 is 34.1 Å². The number of carboxylic acid groups (broad SMARTS) is 1. The number of carboxylic acids is 1. The molecule has 1 aromatic heterocycles. The number of carbonyl (C=O) groups excluding carboxylic acids is 2. The highest BCUT2D eigenvalue weighted by Crippen LogP contribution is 2.43. The summed E-state index contributed by atoms with van der Waals surface area (Å²) in [5.41, 5.74) is 6.30. The molecule has 0 radical (unpaired) electrons. The number of carbonyl (C=O) groups is 3. The topological polar surface area (TPSA) is 126 Å². The molecule has 10 heteroatoms. The number of amides is 2. The summed E-state index contributed by atoms with van der Waals surface area (Å²) in [4.78, 5) is 43.3. The third-order valence-electron chi connectivity index (χ3n) is 9.17. The Bertz CT molecular complexity index is 2020. The van der Waals surface area contributed by atoms with E-state index >= 15 is 0 Å². The lowest BCUT2D eigenvalue weighted by Gasteiger charge is -2.41. The van der Waals surface area contributed by atoms with Crippen molar-refractivity contribution in [2.24, 2.45) is 5.92 Å². The average molecular weight is 687 g/mol. The highest BCUT2D eigenvalue weighted by atomic mass is 32.2. The monoisotopic (exact) mass is 686 g/mol. The van der Waals surface area contributed by atoms with Gasteiger partial charge in [0.15, 0.2) is 6.29 Å². The van der Waals surface area contributed by atoms with Gasteiger partial charge in [-0.15, -0.1) is 11.8 Å². The quantitative estimate of drug-likeness (QED) is 0.115. The van der Waals surface area contributed by atoms with Gasteiger partial charge in [-0.3, -0.25) is 14.5 Å². The number of imide groups is 1. The summed E-state index contributed by atoms with van der Waals surface area (Å²) >= 11 is 1.34. The van der Waals surface area contributed by atoms with Crippen molar-refractivity contribution in [2.75, 3.05) is 5.75 Å². The normalized spacial score (nSPS) is 20.2. The molecule has 252 valence electrons. The van der Waals surface area contributed by atoms with Crippen LogP contribution in [0.1, 0.15) is 72.6 Å². The van der Waals surface area contributed by atoms with Gasteiger partial charge in [-0.25, -0.2) is 9.78 Å². The van der Waals surface area contributed by atoms with Crippen LogP contribution in [0.3, 0.4) is 0 Å². The lowest BCUT2D eigenvalue weighted by molar-refractivity contribution is -0.268. The Kier molecular flexibility index (Phi) is 9.60. The summed E-state index contributed by atoms with van der Waals surface area (Å²) < 4.78 is 13.2. The summed E-state index contributed by atoms with van der Waals surface area (Å²) in [5, 5.41) is 19.7. The first-order chi connectivity index (χ1) is 24.3. The lowest BCUT2D eigenvalue weighted by Crippen LogP contribution is -2.38. The smallest absolute Gasteiger partial charge is 0.338 e. The Morgan fingerprint density at radius 3 is 2.18 bits per heavy atom. The molecule has 50 heavy (non-hydrogen) atoms. The zero-order chi connectivity index (χ0) is 34.8. The Balaban J connectivity index is 1.11. The van der Waals surface area contributed by atoms with E-state index in [9.17, 15) is 24.6 Å². The van der Waals surface area contributed by atoms with Gasteiger partial charge in [0.2, 0.25) is 0 Å². The molecule has 7 rings (SSSR count). The van der Waals surface area contributed by atoms with Gasteiger partial charge in [-0.05, 0) is 58.1 Å². The van der Waals surface area contributed by atoms with E-state index in [2.05, 4.69) is 11.9 Å². The highest BCUT2D eigenvalue weighted by molar-refractivity contribution is 7.99. The number of aliphatic hydroxyl groups excluding tert-OH is 1. The molecule has 4 unspecified atom stereocenters. The number of hydrogen-bond donors (Lipinski definition) is 2. The van der Waals surface area contributed by atoms with Gasteiger partial charge in [0, 0.05) is 23.4 Å². The molecule has 2 aliphatic heterocycles. The number of pyridine rings is 1. The summed E-state index contributed by atoms with van der Waals surface area (Å²) in [6.45, 7) is 2.17. The molecular formula is C40H34N2O7S. The molecule has 0 aliphatic carbocycles. The van der Waals surface area contributed by atoms with Gasteiger partial charge in [0.25, 0.3) is 11.8 Å². The van der Waals surface area contributed by atoms with Gasteiger partial charge in [0.1, 0.15) is 5.03 Å². The Morgan fingerprint density at radius 2 is 1.50 bits per heavy atom. The summed E-state index contributed by atoms with van der Waals surface area (Å²) in [6, 6.07) is 33.4. The van der Waals surface area contributed by atoms with Crippen LogP contribution >= 0.6 is 11.8 Å². The minimum atomic E-state index is -1.03. The number of nitrogens with zero attached hydrogens (tertiary/aromatic N) is 2. The first-order valence-electron chi connectivity index (χ1n) is 16.3. The van der Waals surface area contributed by atoms with Crippen LogP contribution in [0.15, 0.2) is 120 Å². The second kappa shape index (κ2) is 14.4. The number of aromatic nitrogens is 1. The van der Waals surface area contributed by atoms with Crippen molar-refractivity contribution >= 4 is 29.5 Å². The molecule has 0 bridgehead atoms. The van der Waals surface area contributed by atoms with Gasteiger partial charge in [-0.1, -0.05) is 85.8 Å². The molecule has 1 saturated heterocycles. The Morgan fingerprint density at radius 1 is 0.800 bits per heavy atom. The van der Waals surface area contributed by atoms with Gasteiger partial charge < -0.3 is 19.7 Å². The standard InChI is InChI=1S/C40H34N2O7S/c1-24-34(23-50-36-33(39(46)47)10-5-19-41-36)48-40(49-35(24)28-13-11-25(22-43)12-14-28)29-17-15-27(16-18-29)30-7-4-6-26(20-30)21-42-37(44)31-8-2-3-9-32(31)38(42)45/h2-20,24,34-35,40,43H,21-23H2,1H3,(H,46,47). The number of aromatic carboxylic acids is 1. The SMILES string of the molecule is CC1C(CSc2ncccc2C(=O)O)OC(c2ccc(-c3cccc(CN4C(=O)c5ccccc5C4=O)c3)cc2)OC1c1ccc(CO)cc1. The van der Waals surface area contributed by atoms with Crippen LogP contribution in [0.5, 0.6) is 0 Å². The molecule has 2 N–H and O–H groups in total. The van der Waals surface area contributed by atoms with Crippen molar-refractivity contribution in [1.29, 1.82) is 0 Å². The number of fused-ring (bicyclic) bond motifs is 1. The number of rotatable bonds is 10. The van der Waals surface area contributed by atoms with E-state index < -0.39 is 12.3 Å². The maximum atomic E-state index is 12.9. The van der Waals surface area contributed by atoms with Crippen molar-refractivity contribution in [3.63, 3.8) is 0 Å². The Labute approximate surface area is 293 Å². The zero-order valence-electron chi connectivity index (χ0n) is 27.1. The zero-order valence-corrected chi connectivity index (χ0v) is 28.0. The van der Waals surface area contributed by atoms with Crippen LogP contribution in [0.25, 0.3) is 11.1 Å². The second-order valence-corrected chi connectivity index (χ2v) is 13.4. The van der Waals surface area contributed by atoms with Crippen LogP contribution in [0.2, 0.25) is 0 Å². The molecule has 3 heterocycles. The molecule has 5 aromatic rings. The third-order valence-corrected chi connectivity index (χ3v) is 10.3. The van der Waals surface area contributed by atoms with E-state index in [0.717, 1.165) is 33.4 Å². The first-order valence-corrected chi connectivity index (χ1v) is 17.3. The molecule has 2 amide bonds. The van der Waals surface area contributed by atoms with Crippen LogP contribution in [0, 0.1) is 5.92 Å². The van der Waals surface area contributed by atoms with Crippen molar-refractivity contribution in [3.8, 4) is 11.1 Å². The number of ether oxygens (including phenoxy) is 2. The molecule has 1 fully saturated rings. The van der Waals surface area contributed by atoms with E-state index in [1.54, 1.807) is 42.6 Å². The lowest BCUT2D eigenvalue weighted by atomic mass is 9.91. The minimum absolute atomic E-state index is 0.0552. The van der Waals surface area contributed by atoms with E-state index in [1.165, 1.54) is 16.7 Å². The van der Waals surface area contributed by atoms with Crippen LogP contribution in [0.4, 0.5) is 0 Å². The second-order valence-electron chi connectivity index (χ2n) is 12.4. The predicted molar refractivity (Wildman–Crippen MR) is 187 cm³/mol. The summed E-state index contributed by atoms with van der Waals surface area (Å²) in [7, 11) is 0. The molecule has 0 saturated carbocycles. The van der Waals surface area contributed by atoms with E-state index in [0.29, 0.717) is 21.9 Å². The fraction of sp³-hybridized carbons (Fsp3) is 0.200. The fourth-order valence-corrected chi connectivity index (χ4v) is 7.54. The first kappa shape index (κ1) is 33.4. The number of benzene rings is 4. The van der Waals surface area contributed by atoms with E-state index in [4.69, 9.17) is 9.47 Å². The van der Waals surface area contributed by atoms with Crippen molar-refractivity contribution in [2.45, 2.75) is 43.6 Å². The molecular weight excluding hydrogens is 653 g/mol. The highest BCUT2D eigenvalue weighted by Gasteiger charge is 2.39. The van der Waals surface area contributed by atoms with Crippen molar-refractivity contribution in [1.82, 2.24) is 9.88 Å². The molecule has 0 spiro atoms. The number of aliphatic hydroxyl groups is 1. The third kappa shape index (κ3) is 6.71. The summed E-state index contributed by atoms with van der Waals surface area (Å²) in [5.74, 6) is -1.23. The van der Waals surface area contributed by atoms with Gasteiger partial charge in [0.05, 0.1) is 42.0 Å². The number of hydrogen-bond acceptors (Lipinski definition) is 8. The molecule has 2 aliphatic rings. The maximum Gasteiger partial charge on any atom is 0.338 e. The largest absolute Gasteiger partial charge is 0.478 e. The summed E-state index contributed by atoms with van der Waals surface area (Å²) in [6.07, 6.45) is 0.256. The van der Waals surface area contributed by atoms with Crippen LogP contribution < -0.4 is 0 Å². The minimum Gasteiger partial charge on any atom is -0.478 e. The van der Waals surface area contributed by atoms with E-state index in [-0.39, 0.29) is 48.7 Å². The Hall–Kier alpha value is -5.13. The molecule has 4 aromatic carbocycles. The number of thioether (sulfide) groups is 1. The molecule has 9 nitrogen and oxygen atoms in total. The molecule has 4 atom stereocenters. The van der Waals surface area contributed by atoms with Crippen molar-refractivity contribution in [3.05, 3.63) is 154 Å². The van der Waals surface area contributed by atoms with Gasteiger partial charge in [-0.2, -0.15) is 0 Å². The van der Waals surface area contributed by atoms with Crippen LogP contribution in [-0.4, -0.2) is 49.7 Å². The van der Waals surface area contributed by atoms with E-state index in [1.807, 2.05) is 72.8 Å².